The molecule has 3 aromatic carbocycles. The van der Waals surface area contributed by atoms with E-state index in [0.29, 0.717) is 40.9 Å². The van der Waals surface area contributed by atoms with Gasteiger partial charge in [0.05, 0.1) is 18.6 Å². The predicted octanol–water partition coefficient (Wildman–Crippen LogP) is 13.2. The summed E-state index contributed by atoms with van der Waals surface area (Å²) in [7, 11) is -2.00. The van der Waals surface area contributed by atoms with E-state index in [0.717, 1.165) is 0 Å². The number of hydrogen-bond acceptors (Lipinski definition) is 7. The fraction of sp³-hybridized carbons (Fsp3) is 0.618. The van der Waals surface area contributed by atoms with E-state index in [1.165, 1.54) is 87.6 Å². The van der Waals surface area contributed by atoms with E-state index in [2.05, 4.69) is 130 Å². The predicted molar refractivity (Wildman–Crippen MR) is 315 cm³/mol. The Balaban J connectivity index is -0.000000173. The zero-order valence-corrected chi connectivity index (χ0v) is 55.1. The van der Waals surface area contributed by atoms with Gasteiger partial charge in [-0.3, -0.25) is 15.5 Å². The van der Waals surface area contributed by atoms with Crippen LogP contribution in [0, 0.1) is 87.5 Å². The third-order valence-electron chi connectivity index (χ3n) is 11.0. The molecular formula is C55H95I2NaO7S3+2. The Labute approximate surface area is 472 Å². The van der Waals surface area contributed by atoms with Crippen LogP contribution in [0.2, 0.25) is 0 Å². The molecule has 0 unspecified atom stereocenters. The SMILES string of the molecule is C.CC.CC.CCOC(=O)C(C)(C)C.CCOC(=O)[C-](C)C.Cc1c(C)c(C)c([S+]2CCCC2)c(C)c1C.Cc1c(C)c(C)c([S+]2CCCC2)c(C)c1C.Cc1ccccc1.II.O=S(=O)=O.[Na+]. The number of aryl methyl sites for hydroxylation is 1. The van der Waals surface area contributed by atoms with Gasteiger partial charge in [0.25, 0.3) is 0 Å². The van der Waals surface area contributed by atoms with Gasteiger partial charge in [-0.05, 0) is 170 Å². The molecule has 13 heteroatoms. The molecule has 0 radical (unpaired) electrons. The van der Waals surface area contributed by atoms with Crippen molar-refractivity contribution in [3.8, 4) is 0 Å². The van der Waals surface area contributed by atoms with Gasteiger partial charge in [-0.2, -0.15) is 13.8 Å². The molecule has 0 N–H and O–H groups in total. The van der Waals surface area contributed by atoms with E-state index in [4.69, 9.17) is 17.4 Å². The first kappa shape index (κ1) is 78.7. The third kappa shape index (κ3) is 31.0. The number of carbonyl (C=O) groups is 2. The van der Waals surface area contributed by atoms with E-state index in [9.17, 15) is 9.59 Å². The largest absolute Gasteiger partial charge is 1.00 e. The fourth-order valence-electron chi connectivity index (χ4n) is 6.67. The van der Waals surface area contributed by atoms with Gasteiger partial charge in [-0.1, -0.05) is 71.0 Å². The Kier molecular flexibility index (Phi) is 52.0. The molecule has 0 aliphatic carbocycles. The van der Waals surface area contributed by atoms with Crippen LogP contribution >= 0.6 is 37.2 Å². The van der Waals surface area contributed by atoms with Crippen LogP contribution in [0.15, 0.2) is 40.1 Å². The molecule has 0 amide bonds. The molecule has 3 aromatic rings. The molecule has 5 rings (SSSR count). The van der Waals surface area contributed by atoms with Crippen molar-refractivity contribution in [2.45, 2.75) is 195 Å². The smallest absolute Gasteiger partial charge is 0.488 e. The average Bonchev–Trinajstić information content (AvgIpc) is 4.03. The summed E-state index contributed by atoms with van der Waals surface area (Å²) in [5.41, 5.74) is 16.4. The zero-order chi connectivity index (χ0) is 52.5. The number of halogens is 2. The van der Waals surface area contributed by atoms with E-state index in [1.54, 1.807) is 52.8 Å². The quantitative estimate of drug-likeness (QED) is 0.0824. The van der Waals surface area contributed by atoms with E-state index in [-0.39, 0.29) is 54.3 Å². The van der Waals surface area contributed by atoms with Crippen LogP contribution in [-0.4, -0.2) is 60.8 Å². The van der Waals surface area contributed by atoms with Crippen molar-refractivity contribution < 1.29 is 61.2 Å². The maximum Gasteiger partial charge on any atom is 1.00 e. The molecule has 0 spiro atoms. The third-order valence-corrected chi connectivity index (χ3v) is 16.5. The second-order valence-electron chi connectivity index (χ2n) is 16.7. The molecule has 0 aromatic heterocycles. The van der Waals surface area contributed by atoms with Crippen LogP contribution < -0.4 is 29.6 Å². The molecule has 2 aliphatic rings. The summed E-state index contributed by atoms with van der Waals surface area (Å²) in [6.07, 6.45) is 5.75. The van der Waals surface area contributed by atoms with Crippen molar-refractivity contribution in [3.63, 3.8) is 0 Å². The summed E-state index contributed by atoms with van der Waals surface area (Å²) in [4.78, 5) is 24.7. The van der Waals surface area contributed by atoms with Gasteiger partial charge in [-0.25, -0.2) is 0 Å². The van der Waals surface area contributed by atoms with Crippen LogP contribution in [-0.2, 0) is 51.5 Å². The Morgan fingerprint density at radius 2 is 0.809 bits per heavy atom. The van der Waals surface area contributed by atoms with Crippen LogP contribution in [0.25, 0.3) is 0 Å². The molecule has 2 aliphatic heterocycles. The second-order valence-corrected chi connectivity index (χ2v) is 21.5. The van der Waals surface area contributed by atoms with Crippen molar-refractivity contribution >= 4 is 81.6 Å². The molecule has 2 saturated heterocycles. The normalized spacial score (nSPS) is 12.0. The van der Waals surface area contributed by atoms with E-state index < -0.39 is 10.6 Å². The molecule has 2 heterocycles. The standard InChI is InChI=1S/2C15H23S.C7H14O2.C7H8.C6H11O2.2C2H6.CH4.I2.Na.O3S/c2*1-10-11(2)13(4)15(14(5)12(10)3)16-8-6-7-9-16;1-5-9-6(8)7(2,3)4;1-7-5-3-2-4-6-7;1-4-8-6(7)5(2)3;2*1-2;;1-2;;1-4(2)3/h2*6-9H2,1-5H3;5H2,1-4H3;2-6H,1H3;4H2,1-3H3;2*1-2H3;1H4;;;/q2*+1;;;-1;;;;;+1;. The Morgan fingerprint density at radius 3 is 0.971 bits per heavy atom. The maximum atomic E-state index is 10.8. The van der Waals surface area contributed by atoms with Crippen LogP contribution in [0.4, 0.5) is 0 Å². The molecule has 7 nitrogen and oxygen atoms in total. The van der Waals surface area contributed by atoms with Gasteiger partial charge < -0.3 is 9.47 Å². The summed E-state index contributed by atoms with van der Waals surface area (Å²) in [6, 6.07) is 10.3. The molecule has 2 fully saturated rings. The Morgan fingerprint density at radius 1 is 0.559 bits per heavy atom. The first-order valence-electron chi connectivity index (χ1n) is 23.4. The average molecular weight is 1240 g/mol. The molecule has 0 atom stereocenters. The van der Waals surface area contributed by atoms with Crippen molar-refractivity contribution in [2.75, 3.05) is 36.2 Å². The molecular weight excluding hydrogens is 1150 g/mol. The van der Waals surface area contributed by atoms with Gasteiger partial charge in [0.2, 0.25) is 0 Å². The van der Waals surface area contributed by atoms with Gasteiger partial charge in [0.15, 0.2) is 15.8 Å². The first-order chi connectivity index (χ1) is 30.9. The van der Waals surface area contributed by atoms with Crippen LogP contribution in [0.3, 0.4) is 0 Å². The Hall–Kier alpha value is -0.750. The summed E-state index contributed by atoms with van der Waals surface area (Å²) in [5, 5.41) is 0. The monoisotopic (exact) mass is 1240 g/mol. The van der Waals surface area contributed by atoms with Crippen LogP contribution in [0.5, 0.6) is 0 Å². The maximum absolute atomic E-state index is 10.8. The topological polar surface area (TPSA) is 104 Å². The van der Waals surface area contributed by atoms with Crippen molar-refractivity contribution in [3.05, 3.63) is 97.4 Å². The minimum absolute atomic E-state index is 0. The van der Waals surface area contributed by atoms with Gasteiger partial charge in [0, 0.05) is 81.3 Å². The first-order valence-corrected chi connectivity index (χ1v) is 33.8. The number of esters is 2. The molecule has 0 bridgehead atoms. The number of ether oxygens (including phenoxy) is 2. The van der Waals surface area contributed by atoms with Crippen molar-refractivity contribution in [1.29, 1.82) is 0 Å². The molecule has 388 valence electrons. The number of rotatable bonds is 5. The molecule has 0 saturated carbocycles. The van der Waals surface area contributed by atoms with Crippen LogP contribution in [0.1, 0.15) is 170 Å². The van der Waals surface area contributed by atoms with Gasteiger partial charge in [0.1, 0.15) is 23.0 Å². The molecule has 68 heavy (non-hydrogen) atoms. The van der Waals surface area contributed by atoms with E-state index in [1.807, 2.05) is 73.6 Å². The van der Waals surface area contributed by atoms with Crippen molar-refractivity contribution in [1.82, 2.24) is 0 Å². The van der Waals surface area contributed by atoms with Gasteiger partial charge >= 0.3 is 46.1 Å². The number of hydrogen-bond donors (Lipinski definition) is 0. The second kappa shape index (κ2) is 44.9. The summed E-state index contributed by atoms with van der Waals surface area (Å²) in [5.74, 6) is 6.10. The summed E-state index contributed by atoms with van der Waals surface area (Å²) >= 11 is 4.24. The number of benzene rings is 3. The summed E-state index contributed by atoms with van der Waals surface area (Å²) in [6.45, 7) is 46.6. The Bertz CT molecular complexity index is 1780. The summed E-state index contributed by atoms with van der Waals surface area (Å²) < 4.78 is 34.7. The van der Waals surface area contributed by atoms with E-state index >= 15 is 0 Å². The van der Waals surface area contributed by atoms with Gasteiger partial charge in [-0.15, -0.1) is 12.6 Å². The van der Waals surface area contributed by atoms with Crippen molar-refractivity contribution in [2.24, 2.45) is 5.41 Å². The minimum Gasteiger partial charge on any atom is -0.488 e. The minimum atomic E-state index is -3.11. The zero-order valence-electron chi connectivity index (χ0n) is 46.3. The fourth-order valence-corrected chi connectivity index (χ4v) is 12.5. The number of carbonyl (C=O) groups excluding carboxylic acids is 2.